The van der Waals surface area contributed by atoms with E-state index < -0.39 is 5.97 Å². The number of aromatic amines is 1. The summed E-state index contributed by atoms with van der Waals surface area (Å²) in [4.78, 5) is 21.5. The lowest BCUT2D eigenvalue weighted by atomic mass is 10.2. The number of aromatic nitrogens is 4. The smallest absolute Gasteiger partial charge is 0.356 e. The molecule has 8 nitrogen and oxygen atoms in total. The maximum Gasteiger partial charge on any atom is 0.356 e. The summed E-state index contributed by atoms with van der Waals surface area (Å²) in [6.45, 7) is 4.35. The van der Waals surface area contributed by atoms with Gasteiger partial charge in [-0.1, -0.05) is 12.1 Å². The first-order chi connectivity index (χ1) is 9.17. The molecule has 1 unspecified atom stereocenters. The number of nitrogens with one attached hydrogen (secondary N) is 1. The van der Waals surface area contributed by atoms with Crippen molar-refractivity contribution in [2.24, 2.45) is 0 Å². The van der Waals surface area contributed by atoms with E-state index in [0.717, 1.165) is 0 Å². The van der Waals surface area contributed by atoms with E-state index in [4.69, 9.17) is 14.4 Å². The fourth-order valence-corrected chi connectivity index (χ4v) is 1.66. The minimum atomic E-state index is -1.16. The minimum Gasteiger partial charge on any atom is -0.476 e. The molecular formula is C11H14N4O4. The van der Waals surface area contributed by atoms with Gasteiger partial charge >= 0.3 is 5.97 Å². The van der Waals surface area contributed by atoms with Crippen molar-refractivity contribution in [1.29, 1.82) is 0 Å². The predicted molar refractivity (Wildman–Crippen MR) is 63.5 cm³/mol. The standard InChI is InChI=1S/C11H14N4O4/c1-3-6(18-4-2)9-14-10(19-15-9)7-8(11(16)17)13-5-12-7/h5-6H,3-4H2,1-2H3,(H,12,13)(H,16,17). The third kappa shape index (κ3) is 2.63. The second-order valence-corrected chi connectivity index (χ2v) is 3.74. The van der Waals surface area contributed by atoms with Gasteiger partial charge in [-0.25, -0.2) is 9.78 Å². The summed E-state index contributed by atoms with van der Waals surface area (Å²) in [6.07, 6.45) is 1.70. The van der Waals surface area contributed by atoms with E-state index in [2.05, 4.69) is 20.1 Å². The molecule has 102 valence electrons. The molecule has 0 fully saturated rings. The molecule has 2 aromatic heterocycles. The first kappa shape index (κ1) is 13.2. The molecule has 0 aromatic carbocycles. The van der Waals surface area contributed by atoms with Crippen molar-refractivity contribution in [3.05, 3.63) is 17.8 Å². The van der Waals surface area contributed by atoms with Gasteiger partial charge in [0.1, 0.15) is 11.8 Å². The summed E-state index contributed by atoms with van der Waals surface area (Å²) >= 11 is 0. The van der Waals surface area contributed by atoms with Gasteiger partial charge in [0.2, 0.25) is 5.82 Å². The Bertz CT molecular complexity index is 563. The summed E-state index contributed by atoms with van der Waals surface area (Å²) < 4.78 is 10.5. The molecule has 19 heavy (non-hydrogen) atoms. The van der Waals surface area contributed by atoms with Crippen LogP contribution in [0, 0.1) is 0 Å². The topological polar surface area (TPSA) is 114 Å². The number of carboxylic acid groups (broad SMARTS) is 1. The fraction of sp³-hybridized carbons (Fsp3) is 0.455. The Morgan fingerprint density at radius 3 is 3.00 bits per heavy atom. The fourth-order valence-electron chi connectivity index (χ4n) is 1.66. The van der Waals surface area contributed by atoms with Gasteiger partial charge in [0, 0.05) is 6.61 Å². The van der Waals surface area contributed by atoms with Gasteiger partial charge in [-0.05, 0) is 13.3 Å². The molecule has 0 amide bonds. The van der Waals surface area contributed by atoms with Crippen LogP contribution in [0.15, 0.2) is 10.9 Å². The highest BCUT2D eigenvalue weighted by atomic mass is 16.5. The number of rotatable bonds is 6. The number of hydrogen-bond donors (Lipinski definition) is 2. The molecule has 8 heteroatoms. The van der Waals surface area contributed by atoms with Crippen molar-refractivity contribution in [1.82, 2.24) is 20.1 Å². The second-order valence-electron chi connectivity index (χ2n) is 3.74. The van der Waals surface area contributed by atoms with E-state index in [1.54, 1.807) is 0 Å². The van der Waals surface area contributed by atoms with Crippen LogP contribution in [0.4, 0.5) is 0 Å². The Morgan fingerprint density at radius 1 is 1.58 bits per heavy atom. The number of nitrogens with zero attached hydrogens (tertiary/aromatic N) is 3. The lowest BCUT2D eigenvalue weighted by Crippen LogP contribution is -2.05. The Balaban J connectivity index is 2.30. The molecule has 0 bridgehead atoms. The zero-order valence-electron chi connectivity index (χ0n) is 10.6. The summed E-state index contributed by atoms with van der Waals surface area (Å²) in [5, 5.41) is 12.8. The van der Waals surface area contributed by atoms with Gasteiger partial charge in [0.15, 0.2) is 5.69 Å². The average molecular weight is 266 g/mol. The Hall–Kier alpha value is -2.22. The maximum atomic E-state index is 11.0. The molecule has 0 spiro atoms. The zero-order valence-corrected chi connectivity index (χ0v) is 10.6. The van der Waals surface area contributed by atoms with E-state index in [-0.39, 0.29) is 23.4 Å². The van der Waals surface area contributed by atoms with Crippen molar-refractivity contribution < 1.29 is 19.2 Å². The normalized spacial score (nSPS) is 12.5. The molecule has 0 aliphatic heterocycles. The van der Waals surface area contributed by atoms with Gasteiger partial charge in [0.05, 0.1) is 6.33 Å². The molecule has 0 saturated carbocycles. The van der Waals surface area contributed by atoms with E-state index in [9.17, 15) is 4.79 Å². The van der Waals surface area contributed by atoms with Crippen LogP contribution < -0.4 is 0 Å². The van der Waals surface area contributed by atoms with E-state index in [1.165, 1.54) is 6.33 Å². The van der Waals surface area contributed by atoms with Crippen molar-refractivity contribution in [2.45, 2.75) is 26.4 Å². The molecule has 1 atom stereocenters. The zero-order chi connectivity index (χ0) is 13.8. The molecular weight excluding hydrogens is 252 g/mol. The molecule has 0 aliphatic carbocycles. The number of hydrogen-bond acceptors (Lipinski definition) is 6. The lowest BCUT2D eigenvalue weighted by Gasteiger charge is -2.09. The average Bonchev–Trinajstić information content (AvgIpc) is 3.03. The van der Waals surface area contributed by atoms with E-state index >= 15 is 0 Å². The number of imidazole rings is 1. The molecule has 0 aliphatic rings. The summed E-state index contributed by atoms with van der Waals surface area (Å²) in [7, 11) is 0. The Labute approximate surface area is 108 Å². The highest BCUT2D eigenvalue weighted by Crippen LogP contribution is 2.23. The largest absolute Gasteiger partial charge is 0.476 e. The van der Waals surface area contributed by atoms with Crippen LogP contribution >= 0.6 is 0 Å². The molecule has 2 rings (SSSR count). The number of aromatic carboxylic acids is 1. The third-order valence-corrected chi connectivity index (χ3v) is 2.52. The molecule has 0 radical (unpaired) electrons. The number of carbonyl (C=O) groups is 1. The van der Waals surface area contributed by atoms with Gasteiger partial charge in [-0.15, -0.1) is 0 Å². The van der Waals surface area contributed by atoms with Gasteiger partial charge < -0.3 is 19.4 Å². The van der Waals surface area contributed by atoms with E-state index in [1.807, 2.05) is 13.8 Å². The molecule has 2 N–H and O–H groups in total. The SMILES string of the molecule is CCOC(CC)c1noc(-c2[nH]cnc2C(=O)O)n1. The second kappa shape index (κ2) is 5.61. The number of carboxylic acids is 1. The quantitative estimate of drug-likeness (QED) is 0.816. The summed E-state index contributed by atoms with van der Waals surface area (Å²) in [5.74, 6) is -0.679. The van der Waals surface area contributed by atoms with E-state index in [0.29, 0.717) is 18.9 Å². The van der Waals surface area contributed by atoms with Crippen LogP contribution in [0.1, 0.15) is 42.7 Å². The van der Waals surface area contributed by atoms with Crippen LogP contribution in [0.2, 0.25) is 0 Å². The van der Waals surface area contributed by atoms with Crippen molar-refractivity contribution in [3.8, 4) is 11.6 Å². The summed E-state index contributed by atoms with van der Waals surface area (Å²) in [6, 6.07) is 0. The van der Waals surface area contributed by atoms with Crippen LogP contribution in [-0.2, 0) is 4.74 Å². The molecule has 0 saturated heterocycles. The predicted octanol–water partition coefficient (Wildman–Crippen LogP) is 1.65. The van der Waals surface area contributed by atoms with Gasteiger partial charge in [0.25, 0.3) is 5.89 Å². The van der Waals surface area contributed by atoms with Crippen LogP contribution in [0.5, 0.6) is 0 Å². The highest BCUT2D eigenvalue weighted by molar-refractivity contribution is 5.91. The molecule has 2 aromatic rings. The minimum absolute atomic E-state index is 0.0862. The monoisotopic (exact) mass is 266 g/mol. The first-order valence-corrected chi connectivity index (χ1v) is 5.89. The first-order valence-electron chi connectivity index (χ1n) is 5.89. The lowest BCUT2D eigenvalue weighted by molar-refractivity contribution is 0.0518. The van der Waals surface area contributed by atoms with Gasteiger partial charge in [-0.3, -0.25) is 0 Å². The Kier molecular flexibility index (Phi) is 3.91. The van der Waals surface area contributed by atoms with Crippen molar-refractivity contribution in [3.63, 3.8) is 0 Å². The van der Waals surface area contributed by atoms with Crippen LogP contribution in [0.25, 0.3) is 11.6 Å². The summed E-state index contributed by atoms with van der Waals surface area (Å²) in [5.41, 5.74) is 0.0391. The molecule has 2 heterocycles. The van der Waals surface area contributed by atoms with Gasteiger partial charge in [-0.2, -0.15) is 4.98 Å². The maximum absolute atomic E-state index is 11.0. The third-order valence-electron chi connectivity index (χ3n) is 2.52. The number of H-pyrrole nitrogens is 1. The number of ether oxygens (including phenoxy) is 1. The highest BCUT2D eigenvalue weighted by Gasteiger charge is 2.22. The van der Waals surface area contributed by atoms with Crippen molar-refractivity contribution in [2.75, 3.05) is 6.61 Å². The van der Waals surface area contributed by atoms with Crippen molar-refractivity contribution >= 4 is 5.97 Å². The van der Waals surface area contributed by atoms with Crippen LogP contribution in [-0.4, -0.2) is 37.8 Å². The van der Waals surface area contributed by atoms with Crippen LogP contribution in [0.3, 0.4) is 0 Å². The Morgan fingerprint density at radius 2 is 2.37 bits per heavy atom.